The Balaban J connectivity index is 2.77. The summed E-state index contributed by atoms with van der Waals surface area (Å²) >= 11 is 1.66. The Hall–Kier alpha value is -1.69. The van der Waals surface area contributed by atoms with Crippen LogP contribution in [0.5, 0.6) is 0 Å². The number of benzene rings is 1. The van der Waals surface area contributed by atoms with Crippen LogP contribution in [0, 0.1) is 5.92 Å². The predicted octanol–water partition coefficient (Wildman–Crippen LogP) is 1.46. The summed E-state index contributed by atoms with van der Waals surface area (Å²) in [6, 6.07) is 9.57. The molecule has 0 heterocycles. The first-order valence-corrected chi connectivity index (χ1v) is 7.78. The smallest absolute Gasteiger partial charge is 0.231 e. The highest BCUT2D eigenvalue weighted by molar-refractivity contribution is 7.98. The molecule has 0 aliphatic carbocycles. The third-order valence-corrected chi connectivity index (χ3v) is 3.71. The zero-order valence-electron chi connectivity index (χ0n) is 11.7. The number of hydrogen-bond donors (Lipinski definition) is 3. The molecule has 1 aromatic carbocycles. The van der Waals surface area contributed by atoms with Gasteiger partial charge in [-0.15, -0.1) is 0 Å². The molecule has 0 aliphatic heterocycles. The van der Waals surface area contributed by atoms with Crippen LogP contribution in [0.25, 0.3) is 0 Å². The molecule has 1 rings (SSSR count). The first kappa shape index (κ1) is 16.4. The van der Waals surface area contributed by atoms with E-state index in [-0.39, 0.29) is 17.8 Å². The van der Waals surface area contributed by atoms with E-state index in [0.717, 1.165) is 11.3 Å². The molecule has 0 radical (unpaired) electrons. The normalized spacial score (nSPS) is 14.6. The molecule has 20 heavy (non-hydrogen) atoms. The molecule has 6 heteroatoms. The highest BCUT2D eigenvalue weighted by Crippen LogP contribution is 2.10. The lowest BCUT2D eigenvalue weighted by molar-refractivity contribution is -0.123. The zero-order chi connectivity index (χ0) is 15.0. The molecule has 110 valence electrons. The van der Waals surface area contributed by atoms with Crippen molar-refractivity contribution in [2.24, 2.45) is 16.8 Å². The second-order valence-electron chi connectivity index (χ2n) is 4.63. The fourth-order valence-corrected chi connectivity index (χ4v) is 2.47. The van der Waals surface area contributed by atoms with Crippen LogP contribution in [-0.2, 0) is 11.2 Å². The van der Waals surface area contributed by atoms with Crippen molar-refractivity contribution >= 4 is 23.5 Å². The van der Waals surface area contributed by atoms with Crippen LogP contribution in [0.1, 0.15) is 12.5 Å². The second kappa shape index (κ2) is 8.47. The predicted molar refractivity (Wildman–Crippen MR) is 83.0 cm³/mol. The lowest BCUT2D eigenvalue weighted by Gasteiger charge is -2.19. The molecule has 0 saturated carbocycles. The molecule has 0 aliphatic rings. The number of nitrogens with one attached hydrogen (secondary N) is 1. The van der Waals surface area contributed by atoms with Gasteiger partial charge >= 0.3 is 0 Å². The largest absolute Gasteiger partial charge is 0.409 e. The molecular weight excluding hydrogens is 274 g/mol. The van der Waals surface area contributed by atoms with Crippen molar-refractivity contribution in [3.63, 3.8) is 0 Å². The van der Waals surface area contributed by atoms with Gasteiger partial charge < -0.3 is 16.3 Å². The molecule has 1 aromatic rings. The summed E-state index contributed by atoms with van der Waals surface area (Å²) in [4.78, 5) is 12.2. The van der Waals surface area contributed by atoms with E-state index in [2.05, 4.69) is 10.5 Å². The number of carbonyl (C=O) groups excluding carboxylic acids is 1. The maximum absolute atomic E-state index is 12.2. The third-order valence-electron chi connectivity index (χ3n) is 2.88. The van der Waals surface area contributed by atoms with Gasteiger partial charge in [-0.2, -0.15) is 11.8 Å². The van der Waals surface area contributed by atoms with Gasteiger partial charge in [0.2, 0.25) is 5.91 Å². The third kappa shape index (κ3) is 5.13. The topological polar surface area (TPSA) is 87.7 Å². The average Bonchev–Trinajstić information content (AvgIpc) is 2.45. The number of rotatable bonds is 7. The van der Waals surface area contributed by atoms with Gasteiger partial charge in [0.25, 0.3) is 0 Å². The molecule has 2 atom stereocenters. The Kier molecular flexibility index (Phi) is 6.93. The summed E-state index contributed by atoms with van der Waals surface area (Å²) in [6.45, 7) is 1.93. The summed E-state index contributed by atoms with van der Waals surface area (Å²) in [7, 11) is 0. The number of amides is 1. The van der Waals surface area contributed by atoms with Gasteiger partial charge in [0.05, 0.1) is 0 Å². The first-order chi connectivity index (χ1) is 9.58. The minimum atomic E-state index is -0.660. The Morgan fingerprint density at radius 3 is 2.65 bits per heavy atom. The van der Waals surface area contributed by atoms with Crippen LogP contribution < -0.4 is 11.1 Å². The van der Waals surface area contributed by atoms with Crippen LogP contribution in [0.3, 0.4) is 0 Å². The lowest BCUT2D eigenvalue weighted by Crippen LogP contribution is -2.44. The Morgan fingerprint density at radius 2 is 2.10 bits per heavy atom. The molecule has 0 fully saturated rings. The van der Waals surface area contributed by atoms with E-state index in [1.54, 1.807) is 11.8 Å². The maximum atomic E-state index is 12.2. The van der Waals surface area contributed by atoms with Gasteiger partial charge in [-0.3, -0.25) is 4.79 Å². The minimum Gasteiger partial charge on any atom is -0.409 e. The fraction of sp³-hybridized carbons (Fsp3) is 0.429. The van der Waals surface area contributed by atoms with Crippen LogP contribution in [0.2, 0.25) is 0 Å². The van der Waals surface area contributed by atoms with Crippen molar-refractivity contribution in [2.75, 3.05) is 12.0 Å². The molecule has 4 N–H and O–H groups in total. The molecule has 5 nitrogen and oxygen atoms in total. The van der Waals surface area contributed by atoms with Crippen molar-refractivity contribution in [1.82, 2.24) is 5.32 Å². The molecule has 1 amide bonds. The molecule has 0 spiro atoms. The number of carbonyl (C=O) groups is 1. The van der Waals surface area contributed by atoms with Gasteiger partial charge in [-0.05, 0) is 25.2 Å². The van der Waals surface area contributed by atoms with Crippen molar-refractivity contribution in [2.45, 2.75) is 19.4 Å². The fourth-order valence-electron chi connectivity index (χ4n) is 1.89. The van der Waals surface area contributed by atoms with E-state index in [1.165, 1.54) is 0 Å². The van der Waals surface area contributed by atoms with Crippen molar-refractivity contribution in [3.05, 3.63) is 35.9 Å². The van der Waals surface area contributed by atoms with E-state index in [0.29, 0.717) is 6.42 Å². The first-order valence-electron chi connectivity index (χ1n) is 6.39. The molecule has 0 aromatic heterocycles. The van der Waals surface area contributed by atoms with Crippen LogP contribution in [0.15, 0.2) is 35.5 Å². The van der Waals surface area contributed by atoms with E-state index in [4.69, 9.17) is 10.9 Å². The Bertz CT molecular complexity index is 451. The van der Waals surface area contributed by atoms with E-state index in [9.17, 15) is 4.79 Å². The van der Waals surface area contributed by atoms with Crippen LogP contribution >= 0.6 is 11.8 Å². The molecular formula is C14H21N3O2S. The number of hydrogen-bond acceptors (Lipinski definition) is 4. The van der Waals surface area contributed by atoms with Crippen LogP contribution in [-0.4, -0.2) is 35.0 Å². The highest BCUT2D eigenvalue weighted by atomic mass is 32.2. The summed E-state index contributed by atoms with van der Waals surface area (Å²) < 4.78 is 0. The lowest BCUT2D eigenvalue weighted by atomic mass is 9.97. The molecule has 2 unspecified atom stereocenters. The van der Waals surface area contributed by atoms with Crippen LogP contribution in [0.4, 0.5) is 0 Å². The summed E-state index contributed by atoms with van der Waals surface area (Å²) in [5, 5.41) is 14.7. The number of amidine groups is 1. The standard InChI is InChI=1S/C14H21N3O2S/c1-10(9-20-2)16-14(18)12(13(15)17-19)8-11-6-4-3-5-7-11/h3-7,10,12,19H,8-9H2,1-2H3,(H2,15,17)(H,16,18). The van der Waals surface area contributed by atoms with Gasteiger partial charge in [0.15, 0.2) is 5.84 Å². The Morgan fingerprint density at radius 1 is 1.45 bits per heavy atom. The second-order valence-corrected chi connectivity index (χ2v) is 5.54. The SMILES string of the molecule is CSCC(C)NC(=O)C(Cc1ccccc1)/C(N)=N/O. The molecule has 0 saturated heterocycles. The van der Waals surface area contributed by atoms with Gasteiger partial charge in [-0.25, -0.2) is 0 Å². The van der Waals surface area contributed by atoms with Crippen molar-refractivity contribution < 1.29 is 10.0 Å². The van der Waals surface area contributed by atoms with Gasteiger partial charge in [0.1, 0.15) is 5.92 Å². The molecule has 0 bridgehead atoms. The number of oxime groups is 1. The van der Waals surface area contributed by atoms with E-state index in [1.807, 2.05) is 43.5 Å². The average molecular weight is 295 g/mol. The van der Waals surface area contributed by atoms with E-state index >= 15 is 0 Å². The van der Waals surface area contributed by atoms with Crippen molar-refractivity contribution in [3.8, 4) is 0 Å². The minimum absolute atomic E-state index is 0.0438. The Labute approximate surface area is 123 Å². The zero-order valence-corrected chi connectivity index (χ0v) is 12.6. The number of nitrogens with zero attached hydrogens (tertiary/aromatic N) is 1. The monoisotopic (exact) mass is 295 g/mol. The summed E-state index contributed by atoms with van der Waals surface area (Å²) in [6.07, 6.45) is 2.39. The number of thioether (sulfide) groups is 1. The van der Waals surface area contributed by atoms with Crippen molar-refractivity contribution in [1.29, 1.82) is 0 Å². The maximum Gasteiger partial charge on any atom is 0.231 e. The summed E-state index contributed by atoms with van der Waals surface area (Å²) in [5.74, 6) is -0.125. The quantitative estimate of drug-likeness (QED) is 0.307. The highest BCUT2D eigenvalue weighted by Gasteiger charge is 2.24. The number of nitrogens with two attached hydrogens (primary N) is 1. The van der Waals surface area contributed by atoms with E-state index < -0.39 is 5.92 Å². The van der Waals surface area contributed by atoms with Gasteiger partial charge in [0, 0.05) is 11.8 Å². The van der Waals surface area contributed by atoms with Gasteiger partial charge in [-0.1, -0.05) is 35.5 Å². The summed E-state index contributed by atoms with van der Waals surface area (Å²) in [5.41, 5.74) is 6.62.